The maximum absolute atomic E-state index is 13.3. The Labute approximate surface area is 146 Å². The molecular formula is C16H21Cl2FN2O2. The molecule has 1 amide bonds. The predicted molar refractivity (Wildman–Crippen MR) is 89.6 cm³/mol. The number of amides is 1. The highest BCUT2D eigenvalue weighted by atomic mass is 35.5. The minimum atomic E-state index is -0.558. The van der Waals surface area contributed by atoms with Gasteiger partial charge in [0.1, 0.15) is 11.6 Å². The lowest BCUT2D eigenvalue weighted by molar-refractivity contribution is -0.126. The van der Waals surface area contributed by atoms with Crippen LogP contribution in [0, 0.1) is 5.82 Å². The van der Waals surface area contributed by atoms with Gasteiger partial charge in [0.05, 0.1) is 5.02 Å². The first-order chi connectivity index (χ1) is 10.4. The number of hydrogen-bond acceptors (Lipinski definition) is 3. The fourth-order valence-corrected chi connectivity index (χ4v) is 3.57. The fraction of sp³-hybridized carbons (Fsp3) is 0.562. The van der Waals surface area contributed by atoms with Crippen molar-refractivity contribution < 1.29 is 13.9 Å². The van der Waals surface area contributed by atoms with Crippen molar-refractivity contribution in [1.29, 1.82) is 0 Å². The maximum atomic E-state index is 13.3. The van der Waals surface area contributed by atoms with Gasteiger partial charge in [-0.15, -0.1) is 12.4 Å². The van der Waals surface area contributed by atoms with Gasteiger partial charge in [0.2, 0.25) is 0 Å². The molecule has 0 unspecified atom stereocenters. The molecule has 4 nitrogen and oxygen atoms in total. The number of benzene rings is 1. The van der Waals surface area contributed by atoms with E-state index >= 15 is 0 Å². The zero-order valence-electron chi connectivity index (χ0n) is 12.7. The van der Waals surface area contributed by atoms with Crippen LogP contribution >= 0.6 is 24.0 Å². The molecule has 0 aliphatic heterocycles. The summed E-state index contributed by atoms with van der Waals surface area (Å²) >= 11 is 5.60. The molecule has 3 saturated carbocycles. The number of carbonyl (C=O) groups is 1. The number of halogens is 3. The van der Waals surface area contributed by atoms with Crippen LogP contribution in [0.25, 0.3) is 0 Å². The molecule has 0 saturated heterocycles. The number of rotatable bonds is 4. The molecule has 4 rings (SSSR count). The van der Waals surface area contributed by atoms with Gasteiger partial charge in [0, 0.05) is 17.1 Å². The van der Waals surface area contributed by atoms with E-state index in [1.807, 2.05) is 0 Å². The third kappa shape index (κ3) is 4.08. The van der Waals surface area contributed by atoms with Crippen LogP contribution in [0.3, 0.4) is 0 Å². The van der Waals surface area contributed by atoms with Crippen molar-refractivity contribution in [2.45, 2.75) is 49.6 Å². The molecule has 2 bridgehead atoms. The quantitative estimate of drug-likeness (QED) is 0.864. The lowest BCUT2D eigenvalue weighted by atomic mass is 9.62. The van der Waals surface area contributed by atoms with Gasteiger partial charge in [-0.05, 0) is 50.7 Å². The second kappa shape index (κ2) is 6.83. The Hall–Kier alpha value is -1.04. The van der Waals surface area contributed by atoms with Gasteiger partial charge in [-0.1, -0.05) is 11.6 Å². The van der Waals surface area contributed by atoms with Gasteiger partial charge < -0.3 is 15.8 Å². The molecule has 0 radical (unpaired) electrons. The van der Waals surface area contributed by atoms with Crippen LogP contribution in [0.5, 0.6) is 5.75 Å². The Morgan fingerprint density at radius 1 is 1.26 bits per heavy atom. The molecule has 23 heavy (non-hydrogen) atoms. The highest BCUT2D eigenvalue weighted by Crippen LogP contribution is 2.45. The number of nitrogens with two attached hydrogens (primary N) is 1. The molecule has 0 heterocycles. The van der Waals surface area contributed by atoms with Gasteiger partial charge in [-0.2, -0.15) is 0 Å². The highest BCUT2D eigenvalue weighted by molar-refractivity contribution is 6.30. The molecular weight excluding hydrogens is 342 g/mol. The summed E-state index contributed by atoms with van der Waals surface area (Å²) in [5.74, 6) is -0.443. The summed E-state index contributed by atoms with van der Waals surface area (Å²) in [6.45, 7) is -0.128. The van der Waals surface area contributed by atoms with Crippen molar-refractivity contribution in [3.8, 4) is 5.75 Å². The van der Waals surface area contributed by atoms with E-state index < -0.39 is 5.82 Å². The summed E-state index contributed by atoms with van der Waals surface area (Å²) < 4.78 is 18.6. The second-order valence-electron chi connectivity index (χ2n) is 6.56. The average molecular weight is 363 g/mol. The number of nitrogens with one attached hydrogen (secondary N) is 1. The molecule has 1 aromatic rings. The van der Waals surface area contributed by atoms with Crippen LogP contribution in [-0.4, -0.2) is 23.6 Å². The monoisotopic (exact) mass is 362 g/mol. The van der Waals surface area contributed by atoms with Crippen LogP contribution in [0.4, 0.5) is 4.39 Å². The molecule has 1 aromatic carbocycles. The summed E-state index contributed by atoms with van der Waals surface area (Å²) in [5.41, 5.74) is 6.11. The van der Waals surface area contributed by atoms with E-state index in [0.29, 0.717) is 5.75 Å². The van der Waals surface area contributed by atoms with E-state index in [2.05, 4.69) is 5.32 Å². The Kier molecular flexibility index (Phi) is 5.44. The van der Waals surface area contributed by atoms with Crippen molar-refractivity contribution in [3.05, 3.63) is 29.0 Å². The number of hydrogen-bond donors (Lipinski definition) is 2. The first kappa shape index (κ1) is 18.3. The average Bonchev–Trinajstić information content (AvgIpc) is 2.50. The summed E-state index contributed by atoms with van der Waals surface area (Å²) in [5, 5.41) is 3.13. The molecule has 3 aliphatic rings. The molecule has 3 fully saturated rings. The van der Waals surface area contributed by atoms with E-state index in [1.165, 1.54) is 12.1 Å². The van der Waals surface area contributed by atoms with Crippen molar-refractivity contribution >= 4 is 29.9 Å². The van der Waals surface area contributed by atoms with Crippen molar-refractivity contribution in [2.24, 2.45) is 5.73 Å². The van der Waals surface area contributed by atoms with E-state index in [-0.39, 0.29) is 41.0 Å². The molecule has 128 valence electrons. The smallest absolute Gasteiger partial charge is 0.258 e. The summed E-state index contributed by atoms with van der Waals surface area (Å²) in [7, 11) is 0. The van der Waals surface area contributed by atoms with Crippen LogP contribution in [0.1, 0.15) is 38.5 Å². The van der Waals surface area contributed by atoms with Gasteiger partial charge in [-0.3, -0.25) is 4.79 Å². The van der Waals surface area contributed by atoms with Crippen LogP contribution < -0.4 is 15.8 Å². The van der Waals surface area contributed by atoms with E-state index in [9.17, 15) is 9.18 Å². The number of carbonyl (C=O) groups excluding carboxylic acids is 1. The summed E-state index contributed by atoms with van der Waals surface area (Å²) in [6, 6.07) is 4.13. The molecule has 3 aliphatic carbocycles. The van der Waals surface area contributed by atoms with E-state index in [1.54, 1.807) is 6.07 Å². The van der Waals surface area contributed by atoms with Crippen LogP contribution in [0.2, 0.25) is 5.02 Å². The maximum Gasteiger partial charge on any atom is 0.258 e. The number of fused-ring (bicyclic) bond motifs is 3. The molecule has 7 heteroatoms. The Morgan fingerprint density at radius 3 is 2.43 bits per heavy atom. The topological polar surface area (TPSA) is 64.3 Å². The molecule has 0 spiro atoms. The van der Waals surface area contributed by atoms with Gasteiger partial charge in [-0.25, -0.2) is 4.39 Å². The minimum absolute atomic E-state index is 0. The minimum Gasteiger partial charge on any atom is -0.484 e. The Bertz CT molecular complexity index is 573. The largest absolute Gasteiger partial charge is 0.484 e. The number of ether oxygens (including phenoxy) is 1. The van der Waals surface area contributed by atoms with Gasteiger partial charge >= 0.3 is 0 Å². The normalized spacial score (nSPS) is 28.8. The molecule has 0 aromatic heterocycles. The lowest BCUT2D eigenvalue weighted by Crippen LogP contribution is -2.62. The van der Waals surface area contributed by atoms with Crippen LogP contribution in [-0.2, 0) is 4.79 Å². The van der Waals surface area contributed by atoms with Crippen molar-refractivity contribution in [1.82, 2.24) is 5.32 Å². The van der Waals surface area contributed by atoms with Crippen LogP contribution in [0.15, 0.2) is 18.2 Å². The van der Waals surface area contributed by atoms with Gasteiger partial charge in [0.25, 0.3) is 5.91 Å². The molecule has 0 atom stereocenters. The van der Waals surface area contributed by atoms with Gasteiger partial charge in [0.15, 0.2) is 6.61 Å². The zero-order valence-corrected chi connectivity index (χ0v) is 14.3. The first-order valence-electron chi connectivity index (χ1n) is 7.58. The Morgan fingerprint density at radius 2 is 1.87 bits per heavy atom. The van der Waals surface area contributed by atoms with E-state index in [4.69, 9.17) is 22.1 Å². The summed E-state index contributed by atoms with van der Waals surface area (Å²) in [6.07, 6.45) is 5.63. The predicted octanol–water partition coefficient (Wildman–Crippen LogP) is 3.20. The van der Waals surface area contributed by atoms with E-state index in [0.717, 1.165) is 38.5 Å². The lowest BCUT2D eigenvalue weighted by Gasteiger charge is -2.52. The molecule has 3 N–H and O–H groups in total. The summed E-state index contributed by atoms with van der Waals surface area (Å²) in [4.78, 5) is 12.1. The van der Waals surface area contributed by atoms with Crippen molar-refractivity contribution in [2.75, 3.05) is 6.61 Å². The third-order valence-corrected chi connectivity index (χ3v) is 5.28. The standard InChI is InChI=1S/C16H20ClFN2O2.ClH/c17-12-2-1-11(9-13(12)18)22-10-14(21)20-16-6-3-15(19,4-7-16)5-8-16;/h1-2,9H,3-8,10,19H2,(H,20,21);1H. The van der Waals surface area contributed by atoms with Crippen molar-refractivity contribution in [3.63, 3.8) is 0 Å². The first-order valence-corrected chi connectivity index (χ1v) is 7.95. The highest BCUT2D eigenvalue weighted by Gasteiger charge is 2.47. The zero-order chi connectivity index (χ0) is 15.8. The Balaban J connectivity index is 0.00000192. The second-order valence-corrected chi connectivity index (χ2v) is 6.96. The third-order valence-electron chi connectivity index (χ3n) is 4.97. The fourth-order valence-electron chi connectivity index (χ4n) is 3.45. The SMILES string of the molecule is Cl.NC12CCC(NC(=O)COc3ccc(Cl)c(F)c3)(CC1)CC2.